The summed E-state index contributed by atoms with van der Waals surface area (Å²) in [6, 6.07) is -0.614. The standard InChI is InChI=1S/C41H79NO3/c1-3-5-7-9-10-11-12-13-14-15-16-17-18-19-20-21-22-23-24-25-26-27-28-29-30-31-32-33-35-37-41(45)42-39(38-43)40(44)36-34-8-6-4-2/h15-16,34,36,39-40,43-44H,3-14,17-33,35,37-38H2,1-2H3,(H,42,45)/b16-15-,36-34+. The molecule has 0 rings (SSSR count). The van der Waals surface area contributed by atoms with Gasteiger partial charge >= 0.3 is 0 Å². The number of rotatable bonds is 36. The molecule has 0 aromatic heterocycles. The first-order valence-corrected chi connectivity index (χ1v) is 20.1. The summed E-state index contributed by atoms with van der Waals surface area (Å²) in [5.74, 6) is -0.0715. The third-order valence-corrected chi connectivity index (χ3v) is 9.18. The van der Waals surface area contributed by atoms with Crippen molar-refractivity contribution in [3.8, 4) is 0 Å². The normalized spacial score (nSPS) is 13.2. The minimum absolute atomic E-state index is 0.0715. The summed E-state index contributed by atoms with van der Waals surface area (Å²) in [7, 11) is 0. The van der Waals surface area contributed by atoms with E-state index in [-0.39, 0.29) is 12.5 Å². The second-order valence-electron chi connectivity index (χ2n) is 13.7. The molecule has 0 radical (unpaired) electrons. The number of carbonyl (C=O) groups is 1. The van der Waals surface area contributed by atoms with Crippen LogP contribution in [0.25, 0.3) is 0 Å². The molecule has 0 saturated heterocycles. The van der Waals surface area contributed by atoms with Gasteiger partial charge in [-0.05, 0) is 38.5 Å². The van der Waals surface area contributed by atoms with Gasteiger partial charge in [-0.1, -0.05) is 192 Å². The van der Waals surface area contributed by atoms with Crippen LogP contribution in [0.1, 0.15) is 213 Å². The Hall–Kier alpha value is -1.13. The molecule has 0 aromatic rings. The van der Waals surface area contributed by atoms with Gasteiger partial charge in [0.15, 0.2) is 0 Å². The molecule has 45 heavy (non-hydrogen) atoms. The monoisotopic (exact) mass is 634 g/mol. The van der Waals surface area contributed by atoms with Gasteiger partial charge in [-0.15, -0.1) is 0 Å². The molecule has 0 fully saturated rings. The quantitative estimate of drug-likeness (QED) is 0.0475. The molecule has 4 nitrogen and oxygen atoms in total. The van der Waals surface area contributed by atoms with Gasteiger partial charge in [0.1, 0.15) is 0 Å². The molecule has 0 heterocycles. The summed E-state index contributed by atoms with van der Waals surface area (Å²) in [6.45, 7) is 4.17. The van der Waals surface area contributed by atoms with E-state index in [4.69, 9.17) is 0 Å². The van der Waals surface area contributed by atoms with Crippen LogP contribution in [0.5, 0.6) is 0 Å². The Morgan fingerprint density at radius 2 is 0.867 bits per heavy atom. The molecule has 0 aromatic carbocycles. The van der Waals surface area contributed by atoms with Crippen LogP contribution in [-0.4, -0.2) is 34.9 Å². The van der Waals surface area contributed by atoms with Gasteiger partial charge in [0.25, 0.3) is 0 Å². The molecule has 1 amide bonds. The molecule has 0 bridgehead atoms. The van der Waals surface area contributed by atoms with E-state index < -0.39 is 12.1 Å². The molecule has 0 aliphatic carbocycles. The minimum atomic E-state index is -0.831. The van der Waals surface area contributed by atoms with Crippen molar-refractivity contribution in [1.29, 1.82) is 0 Å². The summed E-state index contributed by atoms with van der Waals surface area (Å²) in [6.07, 6.45) is 47.7. The highest BCUT2D eigenvalue weighted by molar-refractivity contribution is 5.76. The van der Waals surface area contributed by atoms with Crippen molar-refractivity contribution in [1.82, 2.24) is 5.32 Å². The van der Waals surface area contributed by atoms with Crippen LogP contribution in [0.3, 0.4) is 0 Å². The zero-order chi connectivity index (χ0) is 32.9. The second-order valence-corrected chi connectivity index (χ2v) is 13.7. The van der Waals surface area contributed by atoms with Gasteiger partial charge in [-0.3, -0.25) is 4.79 Å². The number of hydrogen-bond acceptors (Lipinski definition) is 3. The summed E-state index contributed by atoms with van der Waals surface area (Å²) in [4.78, 5) is 12.2. The Balaban J connectivity index is 3.34. The molecule has 0 saturated carbocycles. The van der Waals surface area contributed by atoms with Gasteiger partial charge in [0, 0.05) is 6.42 Å². The number of carbonyl (C=O) groups excluding carboxylic acids is 1. The predicted molar refractivity (Wildman–Crippen MR) is 198 cm³/mol. The van der Waals surface area contributed by atoms with Crippen LogP contribution in [0.2, 0.25) is 0 Å². The lowest BCUT2D eigenvalue weighted by Crippen LogP contribution is -2.45. The fourth-order valence-corrected chi connectivity index (χ4v) is 6.04. The van der Waals surface area contributed by atoms with Crippen LogP contribution in [-0.2, 0) is 4.79 Å². The van der Waals surface area contributed by atoms with E-state index in [2.05, 4.69) is 31.3 Å². The average molecular weight is 634 g/mol. The minimum Gasteiger partial charge on any atom is -0.394 e. The number of unbranched alkanes of at least 4 members (excludes halogenated alkanes) is 27. The zero-order valence-electron chi connectivity index (χ0n) is 30.4. The van der Waals surface area contributed by atoms with Gasteiger partial charge < -0.3 is 15.5 Å². The maximum Gasteiger partial charge on any atom is 0.220 e. The van der Waals surface area contributed by atoms with Crippen molar-refractivity contribution in [3.63, 3.8) is 0 Å². The fraction of sp³-hybridized carbons (Fsp3) is 0.878. The van der Waals surface area contributed by atoms with Gasteiger partial charge in [0.2, 0.25) is 5.91 Å². The van der Waals surface area contributed by atoms with Crippen molar-refractivity contribution in [2.24, 2.45) is 0 Å². The molecule has 2 atom stereocenters. The Morgan fingerprint density at radius 1 is 0.511 bits per heavy atom. The van der Waals surface area contributed by atoms with E-state index in [0.29, 0.717) is 6.42 Å². The number of aliphatic hydroxyl groups is 2. The first kappa shape index (κ1) is 43.9. The lowest BCUT2D eigenvalue weighted by atomic mass is 10.0. The van der Waals surface area contributed by atoms with E-state index in [0.717, 1.165) is 32.1 Å². The van der Waals surface area contributed by atoms with Crippen molar-refractivity contribution in [2.75, 3.05) is 6.61 Å². The van der Waals surface area contributed by atoms with E-state index in [9.17, 15) is 15.0 Å². The lowest BCUT2D eigenvalue weighted by molar-refractivity contribution is -0.123. The van der Waals surface area contributed by atoms with Crippen molar-refractivity contribution in [2.45, 2.75) is 225 Å². The number of aliphatic hydroxyl groups excluding tert-OH is 2. The third-order valence-electron chi connectivity index (χ3n) is 9.18. The van der Waals surface area contributed by atoms with E-state index in [1.54, 1.807) is 6.08 Å². The highest BCUT2D eigenvalue weighted by Gasteiger charge is 2.17. The maximum atomic E-state index is 12.2. The molecule has 0 aliphatic rings. The SMILES string of the molecule is CCCC/C=C/C(O)C(CO)NC(=O)CCCCCCCCCCCCCCCCCCC/C=C\CCCCCCCCCC. The fourth-order valence-electron chi connectivity index (χ4n) is 6.04. The van der Waals surface area contributed by atoms with Crippen LogP contribution in [0, 0.1) is 0 Å². The number of allylic oxidation sites excluding steroid dienone is 3. The largest absolute Gasteiger partial charge is 0.394 e. The number of hydrogen-bond donors (Lipinski definition) is 3. The van der Waals surface area contributed by atoms with E-state index >= 15 is 0 Å². The van der Waals surface area contributed by atoms with Crippen molar-refractivity contribution in [3.05, 3.63) is 24.3 Å². The predicted octanol–water partition coefficient (Wildman–Crippen LogP) is 12.1. The first-order valence-electron chi connectivity index (χ1n) is 20.1. The summed E-state index contributed by atoms with van der Waals surface area (Å²) >= 11 is 0. The van der Waals surface area contributed by atoms with Crippen LogP contribution < -0.4 is 5.32 Å². The highest BCUT2D eigenvalue weighted by Crippen LogP contribution is 2.15. The molecule has 3 N–H and O–H groups in total. The summed E-state index contributed by atoms with van der Waals surface area (Å²) < 4.78 is 0. The lowest BCUT2D eigenvalue weighted by Gasteiger charge is -2.19. The third kappa shape index (κ3) is 34.0. The van der Waals surface area contributed by atoms with Crippen LogP contribution in [0.4, 0.5) is 0 Å². The molecular formula is C41H79NO3. The topological polar surface area (TPSA) is 69.6 Å². The van der Waals surface area contributed by atoms with Crippen molar-refractivity contribution >= 4 is 5.91 Å². The average Bonchev–Trinajstić information content (AvgIpc) is 3.04. The first-order chi connectivity index (χ1) is 22.2. The molecular weight excluding hydrogens is 554 g/mol. The van der Waals surface area contributed by atoms with Crippen molar-refractivity contribution < 1.29 is 15.0 Å². The zero-order valence-corrected chi connectivity index (χ0v) is 30.4. The number of amides is 1. The Morgan fingerprint density at radius 3 is 1.27 bits per heavy atom. The Kier molecular flexibility index (Phi) is 36.4. The van der Waals surface area contributed by atoms with Gasteiger partial charge in [-0.2, -0.15) is 0 Å². The van der Waals surface area contributed by atoms with Crippen LogP contribution in [0.15, 0.2) is 24.3 Å². The summed E-state index contributed by atoms with van der Waals surface area (Å²) in [5.41, 5.74) is 0. The van der Waals surface area contributed by atoms with Crippen LogP contribution >= 0.6 is 0 Å². The Bertz CT molecular complexity index is 647. The Labute approximate surface area is 281 Å². The maximum absolute atomic E-state index is 12.2. The van der Waals surface area contributed by atoms with E-state index in [1.807, 2.05) is 6.08 Å². The number of nitrogens with one attached hydrogen (secondary N) is 1. The highest BCUT2D eigenvalue weighted by atomic mass is 16.3. The van der Waals surface area contributed by atoms with Gasteiger partial charge in [0.05, 0.1) is 18.8 Å². The molecule has 266 valence electrons. The van der Waals surface area contributed by atoms with E-state index in [1.165, 1.54) is 161 Å². The smallest absolute Gasteiger partial charge is 0.220 e. The molecule has 2 unspecified atom stereocenters. The van der Waals surface area contributed by atoms with Gasteiger partial charge in [-0.25, -0.2) is 0 Å². The summed E-state index contributed by atoms with van der Waals surface area (Å²) in [5, 5.41) is 22.5. The second kappa shape index (κ2) is 37.3. The molecule has 4 heteroatoms. The molecule has 0 aliphatic heterocycles. The molecule has 0 spiro atoms.